The van der Waals surface area contributed by atoms with Crippen LogP contribution < -0.4 is 0 Å². The first-order valence-electron chi connectivity index (χ1n) is 10.5. The Balaban J connectivity index is 1.75. The SMILES string of the molecule is CC1(C)O[C@@H]([C@H](O)[C@H](O)CO)[C@H](OCc2ccccc2)[C@@H](COCc2ccccc2)O1. The van der Waals surface area contributed by atoms with E-state index in [0.29, 0.717) is 6.61 Å². The molecular formula is C24H32O7. The van der Waals surface area contributed by atoms with Gasteiger partial charge in [0.05, 0.1) is 26.4 Å². The van der Waals surface area contributed by atoms with Crippen molar-refractivity contribution >= 4 is 0 Å². The summed E-state index contributed by atoms with van der Waals surface area (Å²) in [4.78, 5) is 0. The largest absolute Gasteiger partial charge is 0.394 e. The van der Waals surface area contributed by atoms with Crippen molar-refractivity contribution in [2.75, 3.05) is 13.2 Å². The number of aliphatic hydroxyl groups is 3. The molecule has 0 aromatic heterocycles. The van der Waals surface area contributed by atoms with Crippen molar-refractivity contribution in [2.45, 2.75) is 63.4 Å². The number of rotatable bonds is 10. The van der Waals surface area contributed by atoms with E-state index in [9.17, 15) is 15.3 Å². The Bertz CT molecular complexity index is 768. The van der Waals surface area contributed by atoms with Crippen LogP contribution in [-0.2, 0) is 32.2 Å². The zero-order chi connectivity index (χ0) is 22.3. The van der Waals surface area contributed by atoms with E-state index in [1.807, 2.05) is 60.7 Å². The lowest BCUT2D eigenvalue weighted by Crippen LogP contribution is -2.62. The minimum absolute atomic E-state index is 0.208. The molecule has 0 spiro atoms. The average Bonchev–Trinajstić information content (AvgIpc) is 2.78. The maximum Gasteiger partial charge on any atom is 0.164 e. The minimum Gasteiger partial charge on any atom is -0.394 e. The molecule has 7 nitrogen and oxygen atoms in total. The van der Waals surface area contributed by atoms with E-state index < -0.39 is 42.9 Å². The number of ether oxygens (including phenoxy) is 4. The molecule has 1 heterocycles. The van der Waals surface area contributed by atoms with Crippen molar-refractivity contribution in [2.24, 2.45) is 0 Å². The third-order valence-electron chi connectivity index (χ3n) is 5.14. The second-order valence-corrected chi connectivity index (χ2v) is 8.14. The van der Waals surface area contributed by atoms with Crippen LogP contribution in [0.15, 0.2) is 60.7 Å². The molecule has 1 aliphatic heterocycles. The zero-order valence-corrected chi connectivity index (χ0v) is 18.0. The highest BCUT2D eigenvalue weighted by Crippen LogP contribution is 2.32. The highest BCUT2D eigenvalue weighted by molar-refractivity contribution is 5.14. The number of benzene rings is 2. The lowest BCUT2D eigenvalue weighted by atomic mass is 9.96. The van der Waals surface area contributed by atoms with Gasteiger partial charge in [-0.15, -0.1) is 0 Å². The summed E-state index contributed by atoms with van der Waals surface area (Å²) in [5, 5.41) is 30.0. The van der Waals surface area contributed by atoms with Crippen molar-refractivity contribution in [3.05, 3.63) is 71.8 Å². The molecule has 0 amide bonds. The second kappa shape index (κ2) is 11.2. The molecule has 2 aromatic carbocycles. The van der Waals surface area contributed by atoms with E-state index in [2.05, 4.69) is 0 Å². The fraction of sp³-hybridized carbons (Fsp3) is 0.500. The predicted octanol–water partition coefficient (Wildman–Crippen LogP) is 2.02. The maximum atomic E-state index is 10.7. The lowest BCUT2D eigenvalue weighted by Gasteiger charge is -2.47. The molecule has 1 saturated heterocycles. The molecule has 0 bridgehead atoms. The first kappa shape index (κ1) is 23.8. The van der Waals surface area contributed by atoms with Crippen molar-refractivity contribution in [1.29, 1.82) is 0 Å². The number of hydrogen-bond acceptors (Lipinski definition) is 7. The van der Waals surface area contributed by atoms with Gasteiger partial charge in [0.25, 0.3) is 0 Å². The molecule has 1 fully saturated rings. The molecular weight excluding hydrogens is 400 g/mol. The molecule has 2 aromatic rings. The van der Waals surface area contributed by atoms with E-state index >= 15 is 0 Å². The summed E-state index contributed by atoms with van der Waals surface area (Å²) in [5.74, 6) is -1.03. The van der Waals surface area contributed by atoms with Crippen LogP contribution in [-0.4, -0.2) is 64.8 Å². The van der Waals surface area contributed by atoms with Crippen LogP contribution in [0.4, 0.5) is 0 Å². The van der Waals surface area contributed by atoms with Gasteiger partial charge >= 0.3 is 0 Å². The minimum atomic E-state index is -1.37. The number of hydrogen-bond donors (Lipinski definition) is 3. The molecule has 170 valence electrons. The fourth-order valence-corrected chi connectivity index (χ4v) is 3.62. The third-order valence-corrected chi connectivity index (χ3v) is 5.14. The van der Waals surface area contributed by atoms with Gasteiger partial charge in [0, 0.05) is 0 Å². The van der Waals surface area contributed by atoms with Crippen LogP contribution in [0.2, 0.25) is 0 Å². The first-order valence-corrected chi connectivity index (χ1v) is 10.5. The standard InChI is InChI=1S/C24H32O7/c1-24(2)30-20(16-28-14-17-9-5-3-6-10-17)22(23(31-24)21(27)19(26)13-25)29-15-18-11-7-4-8-12-18/h3-12,19-23,25-27H,13-16H2,1-2H3/t19-,20-,21-,22-,23+/m1/s1. The normalized spacial score (nSPS) is 25.1. The van der Waals surface area contributed by atoms with E-state index in [0.717, 1.165) is 11.1 Å². The lowest BCUT2D eigenvalue weighted by molar-refractivity contribution is -0.361. The van der Waals surface area contributed by atoms with Crippen molar-refractivity contribution in [1.82, 2.24) is 0 Å². The van der Waals surface area contributed by atoms with Gasteiger partial charge in [0.1, 0.15) is 30.5 Å². The highest BCUT2D eigenvalue weighted by atomic mass is 16.7. The van der Waals surface area contributed by atoms with Crippen LogP contribution in [0.1, 0.15) is 25.0 Å². The van der Waals surface area contributed by atoms with Crippen LogP contribution in [0, 0.1) is 0 Å². The summed E-state index contributed by atoms with van der Waals surface area (Å²) in [6, 6.07) is 19.4. The Morgan fingerprint density at radius 2 is 1.48 bits per heavy atom. The van der Waals surface area contributed by atoms with Crippen molar-refractivity contribution in [3.63, 3.8) is 0 Å². The van der Waals surface area contributed by atoms with Gasteiger partial charge < -0.3 is 34.3 Å². The summed E-state index contributed by atoms with van der Waals surface area (Å²) in [5.41, 5.74) is 1.98. The summed E-state index contributed by atoms with van der Waals surface area (Å²) in [6.07, 6.45) is -4.92. The van der Waals surface area contributed by atoms with E-state index in [-0.39, 0.29) is 13.2 Å². The van der Waals surface area contributed by atoms with Crippen molar-refractivity contribution < 1.29 is 34.3 Å². The molecule has 5 atom stereocenters. The molecule has 7 heteroatoms. The van der Waals surface area contributed by atoms with Crippen LogP contribution in [0.5, 0.6) is 0 Å². The van der Waals surface area contributed by atoms with Gasteiger partial charge in [0.2, 0.25) is 0 Å². The third kappa shape index (κ3) is 6.82. The maximum absolute atomic E-state index is 10.7. The molecule has 0 unspecified atom stereocenters. The molecule has 0 radical (unpaired) electrons. The van der Waals surface area contributed by atoms with Gasteiger partial charge in [-0.3, -0.25) is 0 Å². The second-order valence-electron chi connectivity index (χ2n) is 8.14. The monoisotopic (exact) mass is 432 g/mol. The predicted molar refractivity (Wildman–Crippen MR) is 114 cm³/mol. The van der Waals surface area contributed by atoms with Gasteiger partial charge in [-0.1, -0.05) is 60.7 Å². The summed E-state index contributed by atoms with van der Waals surface area (Å²) >= 11 is 0. The molecule has 3 N–H and O–H groups in total. The average molecular weight is 433 g/mol. The molecule has 1 aliphatic rings. The smallest absolute Gasteiger partial charge is 0.164 e. The molecule has 0 saturated carbocycles. The van der Waals surface area contributed by atoms with Crippen LogP contribution in [0.3, 0.4) is 0 Å². The Morgan fingerprint density at radius 1 is 0.903 bits per heavy atom. The Morgan fingerprint density at radius 3 is 2.06 bits per heavy atom. The topological polar surface area (TPSA) is 97.6 Å². The van der Waals surface area contributed by atoms with Gasteiger partial charge in [-0.2, -0.15) is 0 Å². The van der Waals surface area contributed by atoms with Crippen molar-refractivity contribution in [3.8, 4) is 0 Å². The van der Waals surface area contributed by atoms with Gasteiger partial charge in [0.15, 0.2) is 5.79 Å². The van der Waals surface area contributed by atoms with E-state index in [1.54, 1.807) is 13.8 Å². The highest BCUT2D eigenvalue weighted by Gasteiger charge is 2.48. The first-order chi connectivity index (χ1) is 14.9. The molecule has 3 rings (SSSR count). The van der Waals surface area contributed by atoms with E-state index in [1.165, 1.54) is 0 Å². The zero-order valence-electron chi connectivity index (χ0n) is 18.0. The quantitative estimate of drug-likeness (QED) is 0.528. The number of aliphatic hydroxyl groups excluding tert-OH is 3. The Labute approximate surface area is 183 Å². The summed E-state index contributed by atoms with van der Waals surface area (Å²) < 4.78 is 24.0. The van der Waals surface area contributed by atoms with Crippen LogP contribution in [0.25, 0.3) is 0 Å². The Kier molecular flexibility index (Phi) is 8.57. The summed E-state index contributed by atoms with van der Waals surface area (Å²) in [6.45, 7) is 3.75. The summed E-state index contributed by atoms with van der Waals surface area (Å²) in [7, 11) is 0. The fourth-order valence-electron chi connectivity index (χ4n) is 3.62. The molecule has 31 heavy (non-hydrogen) atoms. The van der Waals surface area contributed by atoms with Crippen LogP contribution >= 0.6 is 0 Å². The van der Waals surface area contributed by atoms with Gasteiger partial charge in [-0.05, 0) is 25.0 Å². The Hall–Kier alpha value is -1.84. The molecule has 0 aliphatic carbocycles. The van der Waals surface area contributed by atoms with Gasteiger partial charge in [-0.25, -0.2) is 0 Å². The van der Waals surface area contributed by atoms with E-state index in [4.69, 9.17) is 18.9 Å².